The largest absolute Gasteiger partial charge is 0.0793 e. The predicted molar refractivity (Wildman–Crippen MR) is 65.8 cm³/mol. The summed E-state index contributed by atoms with van der Waals surface area (Å²) in [7, 11) is 0. The van der Waals surface area contributed by atoms with Gasteiger partial charge in [0, 0.05) is 0 Å². The molecule has 0 amide bonds. The third-order valence-electron chi connectivity index (χ3n) is 3.46. The van der Waals surface area contributed by atoms with Gasteiger partial charge in [-0.3, -0.25) is 0 Å². The molecular formula is C15H21. The zero-order chi connectivity index (χ0) is 11.5. The van der Waals surface area contributed by atoms with Gasteiger partial charge in [-0.2, -0.15) is 0 Å². The second-order valence-electron chi connectivity index (χ2n) is 5.12. The Morgan fingerprint density at radius 3 is 2.80 bits per heavy atom. The van der Waals surface area contributed by atoms with E-state index in [0.717, 1.165) is 6.42 Å². The molecule has 0 spiro atoms. The average Bonchev–Trinajstić information content (AvgIpc) is 2.14. The monoisotopic (exact) mass is 201 g/mol. The Balaban J connectivity index is 2.98. The number of hydrogen-bond acceptors (Lipinski definition) is 0. The Labute approximate surface area is 94.5 Å². The Hall–Kier alpha value is -0.960. The molecule has 0 aromatic heterocycles. The number of hydrogen-bond donors (Lipinski definition) is 0. The van der Waals surface area contributed by atoms with Crippen molar-refractivity contribution in [2.24, 2.45) is 11.3 Å². The molecular weight excluding hydrogens is 180 g/mol. The molecule has 1 atom stereocenters. The lowest BCUT2D eigenvalue weighted by atomic mass is 9.67. The molecule has 0 aromatic carbocycles. The summed E-state index contributed by atoms with van der Waals surface area (Å²) in [6.07, 6.45) is 14.8. The molecule has 81 valence electrons. The third-order valence-corrected chi connectivity index (χ3v) is 3.46. The van der Waals surface area contributed by atoms with E-state index in [1.54, 1.807) is 0 Å². The van der Waals surface area contributed by atoms with E-state index < -0.39 is 0 Å². The zero-order valence-electron chi connectivity index (χ0n) is 10.4. The van der Waals surface area contributed by atoms with E-state index in [0.29, 0.717) is 5.92 Å². The highest BCUT2D eigenvalue weighted by Crippen LogP contribution is 2.43. The van der Waals surface area contributed by atoms with Crippen molar-refractivity contribution < 1.29 is 0 Å². The van der Waals surface area contributed by atoms with E-state index in [9.17, 15) is 0 Å². The molecule has 0 N–H and O–H groups in total. The van der Waals surface area contributed by atoms with E-state index in [4.69, 9.17) is 6.42 Å². The normalized spacial score (nSPS) is 25.7. The van der Waals surface area contributed by atoms with Crippen LogP contribution in [0.5, 0.6) is 0 Å². The van der Waals surface area contributed by atoms with Crippen molar-refractivity contribution in [3.05, 3.63) is 29.7 Å². The molecule has 0 heteroatoms. The molecule has 0 nitrogen and oxygen atoms in total. The minimum atomic E-state index is 0.237. The molecule has 0 heterocycles. The van der Waals surface area contributed by atoms with E-state index in [1.165, 1.54) is 24.0 Å². The van der Waals surface area contributed by atoms with Gasteiger partial charge in [-0.1, -0.05) is 43.9 Å². The van der Waals surface area contributed by atoms with Gasteiger partial charge in [0.1, 0.15) is 0 Å². The minimum absolute atomic E-state index is 0.237. The van der Waals surface area contributed by atoms with Gasteiger partial charge in [0.15, 0.2) is 0 Å². The van der Waals surface area contributed by atoms with Crippen molar-refractivity contribution in [2.75, 3.05) is 0 Å². The van der Waals surface area contributed by atoms with Gasteiger partial charge in [-0.05, 0) is 50.0 Å². The second kappa shape index (κ2) is 4.71. The van der Waals surface area contributed by atoms with Crippen molar-refractivity contribution in [3.63, 3.8) is 0 Å². The summed E-state index contributed by atoms with van der Waals surface area (Å²) in [5.74, 6) is 3.02. The maximum absolute atomic E-state index is 7.08. The molecule has 0 saturated carbocycles. The predicted octanol–water partition coefficient (Wildman–Crippen LogP) is 4.30. The van der Waals surface area contributed by atoms with Gasteiger partial charge in [0.05, 0.1) is 0 Å². The lowest BCUT2D eigenvalue weighted by Crippen LogP contribution is -2.27. The highest BCUT2D eigenvalue weighted by molar-refractivity contribution is 5.25. The SMILES string of the molecule is [C]#CC=C(CC)C1CCC(C)=CC1(C)C. The summed E-state index contributed by atoms with van der Waals surface area (Å²) in [6, 6.07) is 0. The van der Waals surface area contributed by atoms with Crippen LogP contribution in [0.3, 0.4) is 0 Å². The zero-order valence-corrected chi connectivity index (χ0v) is 10.4. The van der Waals surface area contributed by atoms with Crippen LogP contribution in [0.25, 0.3) is 0 Å². The number of allylic oxidation sites excluding steroid dienone is 4. The standard InChI is InChI=1S/C15H21/c1-6-8-13(7-2)14-10-9-12(3)11-15(14,4)5/h8,11,14H,7,9-10H2,2-5H3. The van der Waals surface area contributed by atoms with Crippen LogP contribution in [0, 0.1) is 23.7 Å². The van der Waals surface area contributed by atoms with Gasteiger partial charge in [0.25, 0.3) is 0 Å². The van der Waals surface area contributed by atoms with E-state index >= 15 is 0 Å². The fraction of sp³-hybridized carbons (Fsp3) is 0.600. The molecule has 0 aliphatic heterocycles. The minimum Gasteiger partial charge on any atom is -0.0793 e. The first-order valence-corrected chi connectivity index (χ1v) is 5.80. The molecule has 1 aliphatic rings. The van der Waals surface area contributed by atoms with Crippen molar-refractivity contribution in [2.45, 2.75) is 47.0 Å². The first kappa shape index (κ1) is 12.1. The van der Waals surface area contributed by atoms with Gasteiger partial charge in [0.2, 0.25) is 0 Å². The smallest absolute Gasteiger partial charge is 0.0102 e. The summed E-state index contributed by atoms with van der Waals surface area (Å²) in [5.41, 5.74) is 3.12. The van der Waals surface area contributed by atoms with Crippen LogP contribution in [0.15, 0.2) is 23.3 Å². The molecule has 1 radical (unpaired) electrons. The highest BCUT2D eigenvalue weighted by Gasteiger charge is 2.32. The average molecular weight is 201 g/mol. The fourth-order valence-corrected chi connectivity index (χ4v) is 2.76. The molecule has 0 saturated heterocycles. The van der Waals surface area contributed by atoms with Crippen molar-refractivity contribution in [3.8, 4) is 5.92 Å². The maximum Gasteiger partial charge on any atom is -0.0102 e. The summed E-state index contributed by atoms with van der Waals surface area (Å²) >= 11 is 0. The Morgan fingerprint density at radius 1 is 1.67 bits per heavy atom. The summed E-state index contributed by atoms with van der Waals surface area (Å²) in [4.78, 5) is 0. The van der Waals surface area contributed by atoms with Crippen LogP contribution < -0.4 is 0 Å². The van der Waals surface area contributed by atoms with Crippen LogP contribution in [-0.4, -0.2) is 0 Å². The Morgan fingerprint density at radius 2 is 2.33 bits per heavy atom. The van der Waals surface area contributed by atoms with Gasteiger partial charge in [-0.15, -0.1) is 0 Å². The first-order valence-electron chi connectivity index (χ1n) is 5.80. The Bertz CT molecular complexity index is 320. The summed E-state index contributed by atoms with van der Waals surface area (Å²) in [5, 5.41) is 0. The van der Waals surface area contributed by atoms with E-state index in [1.807, 2.05) is 6.08 Å². The van der Waals surface area contributed by atoms with Crippen LogP contribution in [0.4, 0.5) is 0 Å². The van der Waals surface area contributed by atoms with Gasteiger partial charge >= 0.3 is 0 Å². The maximum atomic E-state index is 7.08. The number of rotatable bonds is 2. The topological polar surface area (TPSA) is 0 Å². The first-order chi connectivity index (χ1) is 7.01. The van der Waals surface area contributed by atoms with Crippen LogP contribution in [0.2, 0.25) is 0 Å². The molecule has 0 bridgehead atoms. The van der Waals surface area contributed by atoms with Crippen molar-refractivity contribution >= 4 is 0 Å². The third kappa shape index (κ3) is 2.75. The van der Waals surface area contributed by atoms with Crippen LogP contribution >= 0.6 is 0 Å². The lowest BCUT2D eigenvalue weighted by molar-refractivity contribution is 0.285. The van der Waals surface area contributed by atoms with E-state index in [2.05, 4.69) is 39.7 Å². The lowest BCUT2D eigenvalue weighted by Gasteiger charge is -2.37. The van der Waals surface area contributed by atoms with Gasteiger partial charge in [-0.25, -0.2) is 0 Å². The molecule has 1 unspecified atom stereocenters. The Kier molecular flexibility index (Phi) is 3.80. The molecule has 15 heavy (non-hydrogen) atoms. The fourth-order valence-electron chi connectivity index (χ4n) is 2.76. The summed E-state index contributed by atoms with van der Waals surface area (Å²) < 4.78 is 0. The van der Waals surface area contributed by atoms with E-state index in [-0.39, 0.29) is 5.41 Å². The second-order valence-corrected chi connectivity index (χ2v) is 5.12. The van der Waals surface area contributed by atoms with Crippen molar-refractivity contribution in [1.29, 1.82) is 0 Å². The summed E-state index contributed by atoms with van der Waals surface area (Å²) in [6.45, 7) is 8.99. The van der Waals surface area contributed by atoms with Crippen molar-refractivity contribution in [1.82, 2.24) is 0 Å². The van der Waals surface area contributed by atoms with Crippen LogP contribution in [0.1, 0.15) is 47.0 Å². The molecule has 0 fully saturated rings. The highest BCUT2D eigenvalue weighted by atomic mass is 14.4. The molecule has 1 rings (SSSR count). The molecule has 1 aliphatic carbocycles. The molecule has 0 aromatic rings. The van der Waals surface area contributed by atoms with Crippen LogP contribution in [-0.2, 0) is 0 Å². The van der Waals surface area contributed by atoms with Gasteiger partial charge < -0.3 is 0 Å². The quantitative estimate of drug-likeness (QED) is 0.461.